The minimum absolute atomic E-state index is 0.339. The third kappa shape index (κ3) is 3.33. The second-order valence-electron chi connectivity index (χ2n) is 5.89. The highest BCUT2D eigenvalue weighted by Crippen LogP contribution is 2.26. The molecule has 0 spiro atoms. The molecule has 1 saturated heterocycles. The minimum atomic E-state index is -0.339. The molecule has 1 aliphatic heterocycles. The summed E-state index contributed by atoms with van der Waals surface area (Å²) in [7, 11) is 0. The van der Waals surface area contributed by atoms with Gasteiger partial charge >= 0.3 is 0 Å². The summed E-state index contributed by atoms with van der Waals surface area (Å²) in [5.41, 5.74) is 3.54. The largest absolute Gasteiger partial charge is 0.388 e. The van der Waals surface area contributed by atoms with Gasteiger partial charge in [0.05, 0.1) is 6.10 Å². The molecule has 2 nitrogen and oxygen atoms in total. The molecule has 18 heavy (non-hydrogen) atoms. The summed E-state index contributed by atoms with van der Waals surface area (Å²) in [6, 6.07) is 6.77. The molecular formula is C16H25NO. The van der Waals surface area contributed by atoms with Crippen molar-refractivity contribution in [2.45, 2.75) is 52.2 Å². The number of aryl methyl sites for hydroxylation is 2. The van der Waals surface area contributed by atoms with Crippen molar-refractivity contribution in [2.75, 3.05) is 6.54 Å². The Morgan fingerprint density at radius 3 is 2.83 bits per heavy atom. The maximum absolute atomic E-state index is 10.4. The fraction of sp³-hybridized carbons (Fsp3) is 0.625. The topological polar surface area (TPSA) is 32.3 Å². The third-order valence-electron chi connectivity index (χ3n) is 4.05. The van der Waals surface area contributed by atoms with Crippen molar-refractivity contribution in [3.8, 4) is 0 Å². The molecule has 0 aromatic heterocycles. The van der Waals surface area contributed by atoms with E-state index in [1.165, 1.54) is 24.0 Å². The summed E-state index contributed by atoms with van der Waals surface area (Å²) in [6.45, 7) is 7.57. The van der Waals surface area contributed by atoms with Crippen LogP contribution in [0, 0.1) is 19.8 Å². The Balaban J connectivity index is 2.00. The van der Waals surface area contributed by atoms with Crippen molar-refractivity contribution < 1.29 is 5.11 Å². The zero-order valence-corrected chi connectivity index (χ0v) is 11.7. The lowest BCUT2D eigenvalue weighted by molar-refractivity contribution is 0.137. The molecule has 1 fully saturated rings. The number of hydrogen-bond acceptors (Lipinski definition) is 2. The van der Waals surface area contributed by atoms with E-state index in [-0.39, 0.29) is 6.10 Å². The molecule has 0 radical (unpaired) electrons. The molecule has 2 rings (SSSR count). The first kappa shape index (κ1) is 13.6. The number of nitrogens with one attached hydrogen (secondary N) is 1. The quantitative estimate of drug-likeness (QED) is 0.860. The molecule has 1 heterocycles. The Morgan fingerprint density at radius 2 is 2.17 bits per heavy atom. The van der Waals surface area contributed by atoms with Crippen molar-refractivity contribution >= 4 is 0 Å². The number of benzene rings is 1. The summed E-state index contributed by atoms with van der Waals surface area (Å²) in [5, 5.41) is 13.9. The third-order valence-corrected chi connectivity index (χ3v) is 4.05. The first-order valence-corrected chi connectivity index (χ1v) is 7.05. The van der Waals surface area contributed by atoms with Gasteiger partial charge in [-0.25, -0.2) is 0 Å². The zero-order chi connectivity index (χ0) is 13.1. The normalized spacial score (nSPS) is 26.0. The van der Waals surface area contributed by atoms with Crippen molar-refractivity contribution in [3.63, 3.8) is 0 Å². The van der Waals surface area contributed by atoms with Crippen molar-refractivity contribution in [1.29, 1.82) is 0 Å². The van der Waals surface area contributed by atoms with Crippen molar-refractivity contribution in [1.82, 2.24) is 5.32 Å². The molecule has 0 aliphatic carbocycles. The van der Waals surface area contributed by atoms with E-state index in [1.807, 2.05) is 0 Å². The first-order chi connectivity index (χ1) is 8.56. The van der Waals surface area contributed by atoms with E-state index in [4.69, 9.17) is 0 Å². The molecule has 3 atom stereocenters. The monoisotopic (exact) mass is 247 g/mol. The molecule has 1 aromatic rings. The van der Waals surface area contributed by atoms with Crippen LogP contribution in [0.4, 0.5) is 0 Å². The molecule has 2 N–H and O–H groups in total. The number of aliphatic hydroxyl groups is 1. The summed E-state index contributed by atoms with van der Waals surface area (Å²) in [6.07, 6.45) is 2.93. The number of hydrogen-bond donors (Lipinski definition) is 2. The van der Waals surface area contributed by atoms with E-state index >= 15 is 0 Å². The fourth-order valence-electron chi connectivity index (χ4n) is 3.00. The van der Waals surface area contributed by atoms with Gasteiger partial charge < -0.3 is 10.4 Å². The molecule has 2 heteroatoms. The average molecular weight is 247 g/mol. The minimum Gasteiger partial charge on any atom is -0.388 e. The second kappa shape index (κ2) is 5.85. The Kier molecular flexibility index (Phi) is 4.41. The van der Waals surface area contributed by atoms with Gasteiger partial charge in [-0.05, 0) is 56.7 Å². The van der Waals surface area contributed by atoms with Gasteiger partial charge in [-0.1, -0.05) is 30.7 Å². The Labute approximate surface area is 110 Å². The predicted molar refractivity (Wildman–Crippen MR) is 75.7 cm³/mol. The zero-order valence-electron chi connectivity index (χ0n) is 11.7. The van der Waals surface area contributed by atoms with E-state index in [0.29, 0.717) is 6.04 Å². The number of piperidine rings is 1. The van der Waals surface area contributed by atoms with Crippen LogP contribution in [-0.4, -0.2) is 17.7 Å². The van der Waals surface area contributed by atoms with Gasteiger partial charge in [-0.15, -0.1) is 0 Å². The van der Waals surface area contributed by atoms with Crippen LogP contribution in [0.5, 0.6) is 0 Å². The van der Waals surface area contributed by atoms with E-state index < -0.39 is 0 Å². The van der Waals surface area contributed by atoms with Crippen LogP contribution >= 0.6 is 0 Å². The fourth-order valence-corrected chi connectivity index (χ4v) is 3.00. The van der Waals surface area contributed by atoms with Crippen LogP contribution < -0.4 is 5.32 Å². The van der Waals surface area contributed by atoms with E-state index in [2.05, 4.69) is 44.3 Å². The van der Waals surface area contributed by atoms with Gasteiger partial charge in [-0.3, -0.25) is 0 Å². The van der Waals surface area contributed by atoms with Crippen LogP contribution in [-0.2, 0) is 0 Å². The van der Waals surface area contributed by atoms with Crippen LogP contribution in [0.25, 0.3) is 0 Å². The lowest BCUT2D eigenvalue weighted by Gasteiger charge is -2.30. The number of aliphatic hydroxyl groups excluding tert-OH is 1. The van der Waals surface area contributed by atoms with Crippen LogP contribution in [0.2, 0.25) is 0 Å². The summed E-state index contributed by atoms with van der Waals surface area (Å²) < 4.78 is 0. The lowest BCUT2D eigenvalue weighted by Crippen LogP contribution is -2.38. The molecule has 0 amide bonds. The van der Waals surface area contributed by atoms with E-state index in [9.17, 15) is 5.11 Å². The van der Waals surface area contributed by atoms with Gasteiger partial charge in [0.25, 0.3) is 0 Å². The second-order valence-corrected chi connectivity index (χ2v) is 5.89. The van der Waals surface area contributed by atoms with Crippen molar-refractivity contribution in [2.24, 2.45) is 5.92 Å². The van der Waals surface area contributed by atoms with E-state index in [0.717, 1.165) is 24.4 Å². The SMILES string of the molecule is Cc1ccc(C(O)CC2CC(C)CCN2)c(C)c1. The Hall–Kier alpha value is -0.860. The Bertz CT molecular complexity index is 402. The molecule has 0 saturated carbocycles. The van der Waals surface area contributed by atoms with Gasteiger partial charge in [0, 0.05) is 6.04 Å². The first-order valence-electron chi connectivity index (χ1n) is 7.05. The molecular weight excluding hydrogens is 222 g/mol. The average Bonchev–Trinajstić information content (AvgIpc) is 2.28. The lowest BCUT2D eigenvalue weighted by atomic mass is 9.89. The molecule has 3 unspecified atom stereocenters. The number of rotatable bonds is 3. The van der Waals surface area contributed by atoms with Gasteiger partial charge in [0.2, 0.25) is 0 Å². The molecule has 0 bridgehead atoms. The standard InChI is InChI=1S/C16H25NO/c1-11-4-5-15(13(3)8-11)16(18)10-14-9-12(2)6-7-17-14/h4-5,8,12,14,16-18H,6-7,9-10H2,1-3H3. The highest BCUT2D eigenvalue weighted by Gasteiger charge is 2.22. The maximum atomic E-state index is 10.4. The highest BCUT2D eigenvalue weighted by molar-refractivity contribution is 5.32. The summed E-state index contributed by atoms with van der Waals surface area (Å²) in [4.78, 5) is 0. The van der Waals surface area contributed by atoms with Gasteiger partial charge in [-0.2, -0.15) is 0 Å². The summed E-state index contributed by atoms with van der Waals surface area (Å²) in [5.74, 6) is 0.780. The summed E-state index contributed by atoms with van der Waals surface area (Å²) >= 11 is 0. The predicted octanol–water partition coefficient (Wildman–Crippen LogP) is 3.12. The molecule has 1 aliphatic rings. The Morgan fingerprint density at radius 1 is 1.39 bits per heavy atom. The molecule has 1 aromatic carbocycles. The van der Waals surface area contributed by atoms with Crippen molar-refractivity contribution in [3.05, 3.63) is 34.9 Å². The molecule has 100 valence electrons. The smallest absolute Gasteiger partial charge is 0.0807 e. The van der Waals surface area contributed by atoms with Crippen LogP contribution in [0.15, 0.2) is 18.2 Å². The van der Waals surface area contributed by atoms with Gasteiger partial charge in [0.15, 0.2) is 0 Å². The van der Waals surface area contributed by atoms with Crippen LogP contribution in [0.1, 0.15) is 49.0 Å². The maximum Gasteiger partial charge on any atom is 0.0807 e. The van der Waals surface area contributed by atoms with Gasteiger partial charge in [0.1, 0.15) is 0 Å². The van der Waals surface area contributed by atoms with E-state index in [1.54, 1.807) is 0 Å². The van der Waals surface area contributed by atoms with Crippen LogP contribution in [0.3, 0.4) is 0 Å². The highest BCUT2D eigenvalue weighted by atomic mass is 16.3.